The standard InChI is InChI=1S/C27H24FN3O3S/c28-22-13-5-7-15-24(22)31-26(33)21-12-4-6-14-23(21)29-27(31)35-18-25(32)30(17-20-11-8-16-34-20)19-9-2-1-3-10-19/h4-9,11-16H,1-3,10,17-18H2. The molecule has 0 spiro atoms. The first kappa shape index (κ1) is 23.1. The molecule has 178 valence electrons. The van der Waals surface area contributed by atoms with Gasteiger partial charge >= 0.3 is 0 Å². The van der Waals surface area contributed by atoms with Gasteiger partial charge in [-0.05, 0) is 62.1 Å². The van der Waals surface area contributed by atoms with Gasteiger partial charge in [0.05, 0.1) is 35.2 Å². The topological polar surface area (TPSA) is 68.3 Å². The Labute approximate surface area is 206 Å². The van der Waals surface area contributed by atoms with Crippen LogP contribution in [0, 0.1) is 5.82 Å². The van der Waals surface area contributed by atoms with Crippen molar-refractivity contribution in [1.29, 1.82) is 0 Å². The van der Waals surface area contributed by atoms with E-state index in [2.05, 4.69) is 11.1 Å². The second-order valence-electron chi connectivity index (χ2n) is 8.29. The number of allylic oxidation sites excluding steroid dienone is 2. The number of carbonyl (C=O) groups excluding carboxylic acids is 1. The van der Waals surface area contributed by atoms with Gasteiger partial charge in [0, 0.05) is 5.70 Å². The van der Waals surface area contributed by atoms with Crippen molar-refractivity contribution in [3.05, 3.63) is 101 Å². The number of para-hydroxylation sites is 2. The van der Waals surface area contributed by atoms with Gasteiger partial charge < -0.3 is 9.32 Å². The highest BCUT2D eigenvalue weighted by Crippen LogP contribution is 2.27. The molecule has 2 heterocycles. The van der Waals surface area contributed by atoms with Gasteiger partial charge in [0.25, 0.3) is 5.56 Å². The lowest BCUT2D eigenvalue weighted by molar-refractivity contribution is -0.127. The van der Waals surface area contributed by atoms with Gasteiger partial charge in [-0.2, -0.15) is 0 Å². The summed E-state index contributed by atoms with van der Waals surface area (Å²) in [4.78, 5) is 33.2. The maximum Gasteiger partial charge on any atom is 0.266 e. The van der Waals surface area contributed by atoms with Gasteiger partial charge in [-0.25, -0.2) is 9.37 Å². The molecular formula is C27H24FN3O3S. The molecule has 6 nitrogen and oxygen atoms in total. The smallest absolute Gasteiger partial charge is 0.266 e. The molecule has 0 atom stereocenters. The zero-order chi connectivity index (χ0) is 24.2. The van der Waals surface area contributed by atoms with E-state index in [0.29, 0.717) is 23.2 Å². The third kappa shape index (κ3) is 4.93. The van der Waals surface area contributed by atoms with Crippen molar-refractivity contribution in [3.8, 4) is 5.69 Å². The quantitative estimate of drug-likeness (QED) is 0.246. The molecule has 0 saturated carbocycles. The molecule has 8 heteroatoms. The van der Waals surface area contributed by atoms with E-state index in [4.69, 9.17) is 4.42 Å². The van der Waals surface area contributed by atoms with Crippen molar-refractivity contribution in [2.45, 2.75) is 37.4 Å². The molecule has 1 aliphatic rings. The van der Waals surface area contributed by atoms with Gasteiger partial charge in [-0.1, -0.05) is 42.1 Å². The highest BCUT2D eigenvalue weighted by molar-refractivity contribution is 7.99. The molecule has 35 heavy (non-hydrogen) atoms. The Morgan fingerprint density at radius 3 is 2.69 bits per heavy atom. The van der Waals surface area contributed by atoms with Crippen LogP contribution in [-0.4, -0.2) is 26.1 Å². The molecule has 1 amide bonds. The molecule has 0 N–H and O–H groups in total. The second-order valence-corrected chi connectivity index (χ2v) is 9.24. The summed E-state index contributed by atoms with van der Waals surface area (Å²) in [5, 5.41) is 0.654. The highest BCUT2D eigenvalue weighted by atomic mass is 32.2. The first-order valence-corrected chi connectivity index (χ1v) is 12.5. The van der Waals surface area contributed by atoms with Crippen LogP contribution in [0.5, 0.6) is 0 Å². The van der Waals surface area contributed by atoms with Crippen molar-refractivity contribution in [1.82, 2.24) is 14.5 Å². The van der Waals surface area contributed by atoms with Crippen LogP contribution in [0.4, 0.5) is 4.39 Å². The lowest BCUT2D eigenvalue weighted by atomic mass is 10.0. The number of rotatable bonds is 7. The molecule has 0 radical (unpaired) electrons. The molecule has 0 saturated heterocycles. The number of hydrogen-bond donors (Lipinski definition) is 0. The minimum Gasteiger partial charge on any atom is -0.467 e. The Bertz CT molecular complexity index is 1450. The predicted octanol–water partition coefficient (Wildman–Crippen LogP) is 5.70. The zero-order valence-electron chi connectivity index (χ0n) is 19.0. The molecule has 0 bridgehead atoms. The summed E-state index contributed by atoms with van der Waals surface area (Å²) in [6.07, 6.45) is 7.60. The van der Waals surface area contributed by atoms with Crippen LogP contribution in [0.15, 0.2) is 93.1 Å². The van der Waals surface area contributed by atoms with E-state index >= 15 is 0 Å². The van der Waals surface area contributed by atoms with Crippen molar-refractivity contribution in [3.63, 3.8) is 0 Å². The monoisotopic (exact) mass is 489 g/mol. The lowest BCUT2D eigenvalue weighted by Crippen LogP contribution is -2.32. The average molecular weight is 490 g/mol. The first-order chi connectivity index (χ1) is 17.1. The fraction of sp³-hybridized carbons (Fsp3) is 0.222. The van der Waals surface area contributed by atoms with Gasteiger partial charge in [0.1, 0.15) is 11.6 Å². The molecule has 2 aromatic heterocycles. The molecule has 0 aliphatic heterocycles. The van der Waals surface area contributed by atoms with Crippen LogP contribution in [-0.2, 0) is 11.3 Å². The van der Waals surface area contributed by atoms with Crippen LogP contribution in [0.2, 0.25) is 0 Å². The van der Waals surface area contributed by atoms with E-state index < -0.39 is 5.82 Å². The van der Waals surface area contributed by atoms with E-state index in [1.807, 2.05) is 6.07 Å². The second kappa shape index (κ2) is 10.3. The summed E-state index contributed by atoms with van der Waals surface area (Å²) >= 11 is 1.13. The molecule has 4 aromatic rings. The largest absolute Gasteiger partial charge is 0.467 e. The Kier molecular flexibility index (Phi) is 6.81. The molecule has 1 aliphatic carbocycles. The van der Waals surface area contributed by atoms with Gasteiger partial charge in [-0.3, -0.25) is 14.2 Å². The number of amides is 1. The number of benzene rings is 2. The Morgan fingerprint density at radius 2 is 1.91 bits per heavy atom. The molecule has 5 rings (SSSR count). The summed E-state index contributed by atoms with van der Waals surface area (Å²) in [6.45, 7) is 0.337. The van der Waals surface area contributed by atoms with Gasteiger partial charge in [-0.15, -0.1) is 0 Å². The number of furan rings is 1. The first-order valence-electron chi connectivity index (χ1n) is 11.5. The number of halogens is 1. The van der Waals surface area contributed by atoms with Gasteiger partial charge in [0.2, 0.25) is 5.91 Å². The molecule has 2 aromatic carbocycles. The van der Waals surface area contributed by atoms with Crippen LogP contribution >= 0.6 is 11.8 Å². The number of fused-ring (bicyclic) bond motifs is 1. The van der Waals surface area contributed by atoms with Gasteiger partial charge in [0.15, 0.2) is 5.16 Å². The van der Waals surface area contributed by atoms with Crippen LogP contribution in [0.3, 0.4) is 0 Å². The number of hydrogen-bond acceptors (Lipinski definition) is 5. The van der Waals surface area contributed by atoms with Crippen molar-refractivity contribution in [2.75, 3.05) is 5.75 Å². The molecule has 0 unspecified atom stereocenters. The van der Waals surface area contributed by atoms with E-state index in [9.17, 15) is 14.0 Å². The summed E-state index contributed by atoms with van der Waals surface area (Å²) in [5.41, 5.74) is 1.21. The van der Waals surface area contributed by atoms with Crippen molar-refractivity contribution < 1.29 is 13.6 Å². The van der Waals surface area contributed by atoms with Crippen LogP contribution in [0.1, 0.15) is 31.4 Å². The fourth-order valence-corrected chi connectivity index (χ4v) is 5.12. The normalized spacial score (nSPS) is 13.6. The van der Waals surface area contributed by atoms with E-state index in [-0.39, 0.29) is 28.1 Å². The third-order valence-corrected chi connectivity index (χ3v) is 6.90. The maximum atomic E-state index is 14.7. The van der Waals surface area contributed by atoms with Crippen LogP contribution < -0.4 is 5.56 Å². The Morgan fingerprint density at radius 1 is 1.09 bits per heavy atom. The van der Waals surface area contributed by atoms with Crippen molar-refractivity contribution in [2.24, 2.45) is 0 Å². The molecular weight excluding hydrogens is 465 g/mol. The van der Waals surface area contributed by atoms with Crippen LogP contribution in [0.25, 0.3) is 16.6 Å². The maximum absolute atomic E-state index is 14.7. The SMILES string of the molecule is O=C(CSc1nc2ccccc2c(=O)n1-c1ccccc1F)N(Cc1ccco1)C1=CCCCC1. The Balaban J connectivity index is 1.49. The van der Waals surface area contributed by atoms with Crippen molar-refractivity contribution >= 4 is 28.6 Å². The predicted molar refractivity (Wildman–Crippen MR) is 134 cm³/mol. The third-order valence-electron chi connectivity index (χ3n) is 5.97. The van der Waals surface area contributed by atoms with E-state index in [1.54, 1.807) is 53.6 Å². The summed E-state index contributed by atoms with van der Waals surface area (Å²) in [7, 11) is 0. The minimum absolute atomic E-state index is 0.0390. The van der Waals surface area contributed by atoms with E-state index in [0.717, 1.165) is 43.1 Å². The van der Waals surface area contributed by atoms with E-state index in [1.165, 1.54) is 16.7 Å². The number of thioether (sulfide) groups is 1. The summed E-state index contributed by atoms with van der Waals surface area (Å²) in [5.74, 6) is 0.0766. The minimum atomic E-state index is -0.535. The highest BCUT2D eigenvalue weighted by Gasteiger charge is 2.23. The zero-order valence-corrected chi connectivity index (χ0v) is 19.8. The number of carbonyl (C=O) groups is 1. The summed E-state index contributed by atoms with van der Waals surface area (Å²) in [6, 6.07) is 16.7. The Hall–Kier alpha value is -3.65. The molecule has 0 fully saturated rings. The summed E-state index contributed by atoms with van der Waals surface area (Å²) < 4.78 is 21.5. The lowest BCUT2D eigenvalue weighted by Gasteiger charge is -2.27. The average Bonchev–Trinajstić information content (AvgIpc) is 3.41. The number of nitrogens with zero attached hydrogens (tertiary/aromatic N) is 3. The fourth-order valence-electron chi connectivity index (χ4n) is 4.23. The number of aromatic nitrogens is 2.